The SMILES string of the molecule is Cc1c(C(=O)N2CCC2C(C)C)c[nH]c1/C(=C\C=N)Oc1ccc2c(c1)OCCN2C=O. The lowest BCUT2D eigenvalue weighted by Crippen LogP contribution is -2.53. The Bertz CT molecular complexity index is 1070. The number of aromatic amines is 1. The number of benzene rings is 1. The number of H-pyrrole nitrogens is 1. The van der Waals surface area contributed by atoms with Gasteiger partial charge in [-0.3, -0.25) is 9.59 Å². The number of hydrogen-bond donors (Lipinski definition) is 2. The second kappa shape index (κ2) is 8.90. The topological polar surface area (TPSA) is 98.7 Å². The Hall–Kier alpha value is -3.55. The van der Waals surface area contributed by atoms with Crippen molar-refractivity contribution in [1.29, 1.82) is 5.41 Å². The van der Waals surface area contributed by atoms with Crippen molar-refractivity contribution < 1.29 is 19.1 Å². The van der Waals surface area contributed by atoms with Crippen LogP contribution in [0.25, 0.3) is 5.76 Å². The number of ether oxygens (including phenoxy) is 2. The number of anilines is 1. The lowest BCUT2D eigenvalue weighted by Gasteiger charge is -2.43. The quantitative estimate of drug-likeness (QED) is 0.393. The molecule has 168 valence electrons. The van der Waals surface area contributed by atoms with Gasteiger partial charge in [-0.1, -0.05) is 13.8 Å². The first-order valence-electron chi connectivity index (χ1n) is 10.8. The number of carbonyl (C=O) groups is 2. The van der Waals surface area contributed by atoms with Crippen LogP contribution in [-0.4, -0.2) is 54.2 Å². The minimum atomic E-state index is 0.0142. The summed E-state index contributed by atoms with van der Waals surface area (Å²) >= 11 is 0. The molecule has 1 unspecified atom stereocenters. The third-order valence-electron chi connectivity index (χ3n) is 6.13. The Morgan fingerprint density at radius 1 is 1.34 bits per heavy atom. The summed E-state index contributed by atoms with van der Waals surface area (Å²) in [6, 6.07) is 5.52. The first kappa shape index (κ1) is 21.7. The van der Waals surface area contributed by atoms with Gasteiger partial charge in [0.1, 0.15) is 18.1 Å². The summed E-state index contributed by atoms with van der Waals surface area (Å²) < 4.78 is 11.8. The summed E-state index contributed by atoms with van der Waals surface area (Å²) in [7, 11) is 0. The molecule has 2 aliphatic rings. The molecule has 8 heteroatoms. The summed E-state index contributed by atoms with van der Waals surface area (Å²) in [6.07, 6.45) is 6.20. The zero-order valence-electron chi connectivity index (χ0n) is 18.6. The molecule has 2 N–H and O–H groups in total. The van der Waals surface area contributed by atoms with Crippen molar-refractivity contribution in [2.24, 2.45) is 5.92 Å². The largest absolute Gasteiger partial charge is 0.489 e. The summed E-state index contributed by atoms with van der Waals surface area (Å²) in [4.78, 5) is 31.0. The van der Waals surface area contributed by atoms with Crippen LogP contribution in [0, 0.1) is 18.3 Å². The number of aromatic nitrogens is 1. The maximum atomic E-state index is 13.1. The summed E-state index contributed by atoms with van der Waals surface area (Å²) in [6.45, 7) is 7.83. The van der Waals surface area contributed by atoms with Gasteiger partial charge in [0.05, 0.1) is 23.5 Å². The molecule has 3 heterocycles. The minimum Gasteiger partial charge on any atom is -0.489 e. The van der Waals surface area contributed by atoms with Gasteiger partial charge < -0.3 is 29.7 Å². The second-order valence-corrected chi connectivity index (χ2v) is 8.38. The Kier molecular flexibility index (Phi) is 6.03. The molecule has 2 aliphatic heterocycles. The van der Waals surface area contributed by atoms with Crippen LogP contribution < -0.4 is 14.4 Å². The number of hydrogen-bond acceptors (Lipinski definition) is 5. The van der Waals surface area contributed by atoms with Gasteiger partial charge in [-0.15, -0.1) is 0 Å². The molecule has 32 heavy (non-hydrogen) atoms. The highest BCUT2D eigenvalue weighted by Crippen LogP contribution is 2.36. The van der Waals surface area contributed by atoms with E-state index in [0.29, 0.717) is 53.3 Å². The number of allylic oxidation sites excluding steroid dienone is 1. The van der Waals surface area contributed by atoms with Crippen molar-refractivity contribution in [3.63, 3.8) is 0 Å². The molecule has 2 aromatic rings. The predicted octanol–water partition coefficient (Wildman–Crippen LogP) is 3.62. The average molecular weight is 437 g/mol. The molecule has 1 aromatic carbocycles. The van der Waals surface area contributed by atoms with Crippen LogP contribution in [0.4, 0.5) is 5.69 Å². The van der Waals surface area contributed by atoms with E-state index in [4.69, 9.17) is 14.9 Å². The number of rotatable bonds is 7. The van der Waals surface area contributed by atoms with Crippen LogP contribution >= 0.6 is 0 Å². The van der Waals surface area contributed by atoms with E-state index >= 15 is 0 Å². The van der Waals surface area contributed by atoms with Crippen molar-refractivity contribution in [2.45, 2.75) is 33.2 Å². The fourth-order valence-corrected chi connectivity index (χ4v) is 4.25. The normalized spacial score (nSPS) is 18.0. The number of fused-ring (bicyclic) bond motifs is 1. The summed E-state index contributed by atoms with van der Waals surface area (Å²) in [5.41, 5.74) is 2.72. The van der Waals surface area contributed by atoms with Crippen molar-refractivity contribution >= 4 is 30.0 Å². The van der Waals surface area contributed by atoms with E-state index in [1.807, 2.05) is 11.8 Å². The molecule has 0 spiro atoms. The Balaban J connectivity index is 1.58. The maximum Gasteiger partial charge on any atom is 0.255 e. The fraction of sp³-hybridized carbons (Fsp3) is 0.375. The van der Waals surface area contributed by atoms with Gasteiger partial charge >= 0.3 is 0 Å². The highest BCUT2D eigenvalue weighted by Gasteiger charge is 2.36. The molecule has 0 saturated carbocycles. The zero-order valence-corrected chi connectivity index (χ0v) is 18.6. The van der Waals surface area contributed by atoms with E-state index in [1.54, 1.807) is 29.3 Å². The van der Waals surface area contributed by atoms with E-state index in [0.717, 1.165) is 31.2 Å². The molecule has 0 radical (unpaired) electrons. The molecule has 0 bridgehead atoms. The molecule has 8 nitrogen and oxygen atoms in total. The molecule has 2 amide bonds. The van der Waals surface area contributed by atoms with Gasteiger partial charge in [0, 0.05) is 37.1 Å². The van der Waals surface area contributed by atoms with Crippen molar-refractivity contribution in [3.05, 3.63) is 47.3 Å². The standard InChI is InChI=1S/C24H28N4O4/c1-15(2)19-7-9-28(19)24(30)18-13-26-23(16(18)3)21(6-8-25)32-17-4-5-20-22(12-17)31-11-10-27(20)14-29/h4-6,8,12-15,19,25-26H,7,9-11H2,1-3H3/b21-6+,25-8?. The molecular formula is C24H28N4O4. The average Bonchev–Trinajstić information content (AvgIpc) is 3.12. The Labute approximate surface area is 187 Å². The fourth-order valence-electron chi connectivity index (χ4n) is 4.25. The summed E-state index contributed by atoms with van der Waals surface area (Å²) in [5.74, 6) is 1.93. The number of carbonyl (C=O) groups excluding carboxylic acids is 2. The smallest absolute Gasteiger partial charge is 0.255 e. The highest BCUT2D eigenvalue weighted by molar-refractivity contribution is 5.98. The molecule has 1 fully saturated rings. The first-order chi connectivity index (χ1) is 15.4. The van der Waals surface area contributed by atoms with Crippen LogP contribution in [-0.2, 0) is 4.79 Å². The van der Waals surface area contributed by atoms with E-state index in [2.05, 4.69) is 18.8 Å². The summed E-state index contributed by atoms with van der Waals surface area (Å²) in [5, 5.41) is 7.55. The van der Waals surface area contributed by atoms with E-state index in [-0.39, 0.29) is 11.9 Å². The van der Waals surface area contributed by atoms with Gasteiger partial charge in [-0.25, -0.2) is 0 Å². The van der Waals surface area contributed by atoms with E-state index < -0.39 is 0 Å². The lowest BCUT2D eigenvalue weighted by atomic mass is 9.91. The van der Waals surface area contributed by atoms with Gasteiger partial charge in [0.2, 0.25) is 6.41 Å². The minimum absolute atomic E-state index is 0.0142. The third-order valence-corrected chi connectivity index (χ3v) is 6.13. The van der Waals surface area contributed by atoms with Crippen LogP contribution in [0.3, 0.4) is 0 Å². The first-order valence-corrected chi connectivity index (χ1v) is 10.8. The molecule has 1 aromatic heterocycles. The molecule has 1 saturated heterocycles. The van der Waals surface area contributed by atoms with E-state index in [1.165, 1.54) is 6.08 Å². The molecule has 0 aliphatic carbocycles. The number of amides is 2. The number of likely N-dealkylation sites (tertiary alicyclic amines) is 1. The van der Waals surface area contributed by atoms with E-state index in [9.17, 15) is 9.59 Å². The highest BCUT2D eigenvalue weighted by atomic mass is 16.5. The Morgan fingerprint density at radius 2 is 2.16 bits per heavy atom. The van der Waals surface area contributed by atoms with Crippen molar-refractivity contribution in [1.82, 2.24) is 9.88 Å². The Morgan fingerprint density at radius 3 is 2.81 bits per heavy atom. The zero-order chi connectivity index (χ0) is 22.8. The molecule has 1 atom stereocenters. The van der Waals surface area contributed by atoms with Gasteiger partial charge in [0.15, 0.2) is 5.76 Å². The van der Waals surface area contributed by atoms with Crippen LogP contribution in [0.2, 0.25) is 0 Å². The molecular weight excluding hydrogens is 408 g/mol. The van der Waals surface area contributed by atoms with Crippen molar-refractivity contribution in [2.75, 3.05) is 24.6 Å². The molecule has 4 rings (SSSR count). The number of nitrogens with zero attached hydrogens (tertiary/aromatic N) is 2. The van der Waals surface area contributed by atoms with Gasteiger partial charge in [-0.2, -0.15) is 0 Å². The predicted molar refractivity (Wildman–Crippen MR) is 123 cm³/mol. The maximum absolute atomic E-state index is 13.1. The monoisotopic (exact) mass is 436 g/mol. The number of nitrogens with one attached hydrogen (secondary N) is 2. The van der Waals surface area contributed by atoms with Gasteiger partial charge in [-0.05, 0) is 37.0 Å². The van der Waals surface area contributed by atoms with Crippen LogP contribution in [0.5, 0.6) is 11.5 Å². The van der Waals surface area contributed by atoms with Crippen molar-refractivity contribution in [3.8, 4) is 11.5 Å². The van der Waals surface area contributed by atoms with Crippen LogP contribution in [0.15, 0.2) is 30.5 Å². The lowest BCUT2D eigenvalue weighted by molar-refractivity contribution is -0.107. The third kappa shape index (κ3) is 3.88. The van der Waals surface area contributed by atoms with Crippen LogP contribution in [0.1, 0.15) is 41.9 Å². The van der Waals surface area contributed by atoms with Gasteiger partial charge in [0.25, 0.3) is 5.91 Å². The second-order valence-electron chi connectivity index (χ2n) is 8.38.